The Bertz CT molecular complexity index is 1370. The molecule has 0 bridgehead atoms. The summed E-state index contributed by atoms with van der Waals surface area (Å²) in [6, 6.07) is 43.9. The van der Waals surface area contributed by atoms with Crippen LogP contribution in [0.25, 0.3) is 11.1 Å². The fourth-order valence-electron chi connectivity index (χ4n) is 4.24. The van der Waals surface area contributed by atoms with E-state index in [2.05, 4.69) is 101 Å². The summed E-state index contributed by atoms with van der Waals surface area (Å²) >= 11 is 0. The standard InChI is InChI=1S/C30H22N2O/c1-3-11-24(12-4-1)32(25-13-5-2-6-14-25)26-15-9-10-22(20-26)23-18-19-28-30(21-23)33-29-17-8-7-16-27(29)31-28/h1-21,31H. The average Bonchev–Trinajstić information content (AvgIpc) is 2.89. The number of fused-ring (bicyclic) bond motifs is 2. The van der Waals surface area contributed by atoms with Gasteiger partial charge in [0.05, 0.1) is 11.4 Å². The lowest BCUT2D eigenvalue weighted by atomic mass is 10.0. The molecule has 6 rings (SSSR count). The van der Waals surface area contributed by atoms with E-state index in [9.17, 15) is 0 Å². The summed E-state index contributed by atoms with van der Waals surface area (Å²) in [6.07, 6.45) is 0. The molecule has 5 aromatic carbocycles. The SMILES string of the molecule is c1ccc(N(c2ccccc2)c2cccc(-c3ccc4c(c3)Oc3ccccc3N4)c2)cc1. The zero-order valence-corrected chi connectivity index (χ0v) is 18.0. The van der Waals surface area contributed by atoms with Crippen molar-refractivity contribution in [2.45, 2.75) is 0 Å². The zero-order chi connectivity index (χ0) is 22.0. The molecule has 5 aromatic rings. The molecule has 0 atom stereocenters. The first-order chi connectivity index (χ1) is 16.3. The summed E-state index contributed by atoms with van der Waals surface area (Å²) in [5, 5.41) is 3.46. The third-order valence-electron chi connectivity index (χ3n) is 5.82. The second-order valence-corrected chi connectivity index (χ2v) is 7.99. The van der Waals surface area contributed by atoms with Crippen molar-refractivity contribution in [2.75, 3.05) is 10.2 Å². The molecule has 0 radical (unpaired) electrons. The average molecular weight is 427 g/mol. The molecule has 0 aromatic heterocycles. The van der Waals surface area contributed by atoms with Gasteiger partial charge in [-0.1, -0.05) is 66.7 Å². The maximum absolute atomic E-state index is 6.18. The summed E-state index contributed by atoms with van der Waals surface area (Å²) in [5.41, 5.74) is 7.55. The fourth-order valence-corrected chi connectivity index (χ4v) is 4.24. The molecular weight excluding hydrogens is 404 g/mol. The Labute approximate surface area is 193 Å². The number of para-hydroxylation sites is 4. The maximum Gasteiger partial charge on any atom is 0.151 e. The molecule has 0 aliphatic carbocycles. The van der Waals surface area contributed by atoms with Crippen molar-refractivity contribution in [3.05, 3.63) is 127 Å². The van der Waals surface area contributed by atoms with Crippen LogP contribution >= 0.6 is 0 Å². The molecule has 1 heterocycles. The molecule has 1 N–H and O–H groups in total. The predicted octanol–water partition coefficient (Wildman–Crippen LogP) is 8.67. The highest BCUT2D eigenvalue weighted by Gasteiger charge is 2.17. The minimum absolute atomic E-state index is 0.833. The third kappa shape index (κ3) is 3.70. The first-order valence-corrected chi connectivity index (χ1v) is 11.0. The fraction of sp³-hybridized carbons (Fsp3) is 0. The van der Waals surface area contributed by atoms with Crippen molar-refractivity contribution in [1.29, 1.82) is 0 Å². The molecule has 3 nitrogen and oxygen atoms in total. The molecule has 0 amide bonds. The Morgan fingerprint density at radius 2 is 1.06 bits per heavy atom. The summed E-state index contributed by atoms with van der Waals surface area (Å²) in [4.78, 5) is 2.27. The third-order valence-corrected chi connectivity index (χ3v) is 5.82. The van der Waals surface area contributed by atoms with E-state index in [1.54, 1.807) is 0 Å². The monoisotopic (exact) mass is 426 g/mol. The van der Waals surface area contributed by atoms with Gasteiger partial charge in [-0.2, -0.15) is 0 Å². The number of nitrogens with one attached hydrogen (secondary N) is 1. The van der Waals surface area contributed by atoms with Crippen LogP contribution in [0, 0.1) is 0 Å². The lowest BCUT2D eigenvalue weighted by Crippen LogP contribution is -2.09. The molecule has 0 unspecified atom stereocenters. The number of benzene rings is 5. The van der Waals surface area contributed by atoms with Crippen LogP contribution in [-0.4, -0.2) is 0 Å². The number of hydrogen-bond donors (Lipinski definition) is 1. The molecule has 0 saturated heterocycles. The van der Waals surface area contributed by atoms with E-state index in [0.29, 0.717) is 0 Å². The van der Waals surface area contributed by atoms with E-state index in [1.807, 2.05) is 36.4 Å². The highest BCUT2D eigenvalue weighted by atomic mass is 16.5. The number of nitrogens with zero attached hydrogens (tertiary/aromatic N) is 1. The molecular formula is C30H22N2O. The quantitative estimate of drug-likeness (QED) is 0.305. The van der Waals surface area contributed by atoms with Crippen LogP contribution in [0.5, 0.6) is 11.5 Å². The van der Waals surface area contributed by atoms with Gasteiger partial charge in [-0.15, -0.1) is 0 Å². The second-order valence-electron chi connectivity index (χ2n) is 7.99. The van der Waals surface area contributed by atoms with E-state index in [0.717, 1.165) is 51.1 Å². The Balaban J connectivity index is 1.40. The van der Waals surface area contributed by atoms with E-state index >= 15 is 0 Å². The van der Waals surface area contributed by atoms with Gasteiger partial charge in [0.15, 0.2) is 11.5 Å². The molecule has 3 heteroatoms. The second kappa shape index (κ2) is 8.21. The molecule has 0 fully saturated rings. The summed E-state index contributed by atoms with van der Waals surface area (Å²) in [7, 11) is 0. The van der Waals surface area contributed by atoms with Gasteiger partial charge in [0, 0.05) is 17.1 Å². The molecule has 33 heavy (non-hydrogen) atoms. The van der Waals surface area contributed by atoms with Crippen LogP contribution in [0.1, 0.15) is 0 Å². The van der Waals surface area contributed by atoms with Gasteiger partial charge in [-0.3, -0.25) is 0 Å². The summed E-state index contributed by atoms with van der Waals surface area (Å²) in [6.45, 7) is 0. The molecule has 0 saturated carbocycles. The van der Waals surface area contributed by atoms with Crippen molar-refractivity contribution in [1.82, 2.24) is 0 Å². The van der Waals surface area contributed by atoms with E-state index in [-0.39, 0.29) is 0 Å². The number of rotatable bonds is 4. The molecule has 1 aliphatic heterocycles. The van der Waals surface area contributed by atoms with Gasteiger partial charge < -0.3 is 15.0 Å². The Morgan fingerprint density at radius 3 is 1.82 bits per heavy atom. The van der Waals surface area contributed by atoms with Crippen LogP contribution in [0.3, 0.4) is 0 Å². The first-order valence-electron chi connectivity index (χ1n) is 11.0. The molecule has 1 aliphatic rings. The van der Waals surface area contributed by atoms with Crippen LogP contribution in [-0.2, 0) is 0 Å². The van der Waals surface area contributed by atoms with Crippen molar-refractivity contribution in [3.8, 4) is 22.6 Å². The molecule has 158 valence electrons. The van der Waals surface area contributed by atoms with E-state index < -0.39 is 0 Å². The molecule has 0 spiro atoms. The Morgan fingerprint density at radius 1 is 0.455 bits per heavy atom. The smallest absolute Gasteiger partial charge is 0.151 e. The number of anilines is 5. The van der Waals surface area contributed by atoms with Crippen molar-refractivity contribution in [3.63, 3.8) is 0 Å². The van der Waals surface area contributed by atoms with Crippen molar-refractivity contribution in [2.24, 2.45) is 0 Å². The van der Waals surface area contributed by atoms with Gasteiger partial charge in [0.2, 0.25) is 0 Å². The zero-order valence-electron chi connectivity index (χ0n) is 18.0. The largest absolute Gasteiger partial charge is 0.453 e. The normalized spacial score (nSPS) is 11.5. The maximum atomic E-state index is 6.18. The Kier molecular flexibility index (Phi) is 4.78. The summed E-state index contributed by atoms with van der Waals surface area (Å²) in [5.74, 6) is 1.68. The number of hydrogen-bond acceptors (Lipinski definition) is 3. The van der Waals surface area contributed by atoms with Gasteiger partial charge >= 0.3 is 0 Å². The van der Waals surface area contributed by atoms with E-state index in [1.165, 1.54) is 0 Å². The van der Waals surface area contributed by atoms with Gasteiger partial charge in [-0.25, -0.2) is 0 Å². The van der Waals surface area contributed by atoms with Crippen LogP contribution in [0.4, 0.5) is 28.4 Å². The van der Waals surface area contributed by atoms with Crippen LogP contribution < -0.4 is 15.0 Å². The summed E-state index contributed by atoms with van der Waals surface area (Å²) < 4.78 is 6.18. The van der Waals surface area contributed by atoms with E-state index in [4.69, 9.17) is 4.74 Å². The number of ether oxygens (including phenoxy) is 1. The van der Waals surface area contributed by atoms with Crippen LogP contribution in [0.2, 0.25) is 0 Å². The minimum atomic E-state index is 0.833. The van der Waals surface area contributed by atoms with Gasteiger partial charge in [-0.05, 0) is 71.8 Å². The van der Waals surface area contributed by atoms with Crippen molar-refractivity contribution >= 4 is 28.4 Å². The van der Waals surface area contributed by atoms with Crippen molar-refractivity contribution < 1.29 is 4.74 Å². The minimum Gasteiger partial charge on any atom is -0.453 e. The highest BCUT2D eigenvalue weighted by Crippen LogP contribution is 2.44. The first kappa shape index (κ1) is 19.2. The highest BCUT2D eigenvalue weighted by molar-refractivity contribution is 5.82. The van der Waals surface area contributed by atoms with Gasteiger partial charge in [0.25, 0.3) is 0 Å². The Hall–Kier alpha value is -4.50. The lowest BCUT2D eigenvalue weighted by Gasteiger charge is -2.26. The lowest BCUT2D eigenvalue weighted by molar-refractivity contribution is 0.481. The van der Waals surface area contributed by atoms with Crippen LogP contribution in [0.15, 0.2) is 127 Å². The topological polar surface area (TPSA) is 24.5 Å². The predicted molar refractivity (Wildman–Crippen MR) is 136 cm³/mol. The van der Waals surface area contributed by atoms with Gasteiger partial charge in [0.1, 0.15) is 0 Å².